The molecule has 6 nitrogen and oxygen atoms in total. The lowest BCUT2D eigenvalue weighted by atomic mass is 10.3. The van der Waals surface area contributed by atoms with Crippen LogP contribution in [0, 0.1) is 0 Å². The van der Waals surface area contributed by atoms with E-state index in [2.05, 4.69) is 10.3 Å². The van der Waals surface area contributed by atoms with Crippen LogP contribution in [0.15, 0.2) is 35.3 Å². The predicted octanol–water partition coefficient (Wildman–Crippen LogP) is 0.262. The molecule has 0 bridgehead atoms. The number of hydrogen-bond donors (Lipinski definition) is 1. The van der Waals surface area contributed by atoms with Crippen LogP contribution >= 0.6 is 0 Å². The molecule has 1 amide bonds. The first-order valence-electron chi connectivity index (χ1n) is 6.54. The van der Waals surface area contributed by atoms with Gasteiger partial charge in [-0.2, -0.15) is 0 Å². The number of aromatic nitrogens is 2. The van der Waals surface area contributed by atoms with Crippen LogP contribution in [-0.4, -0.2) is 40.3 Å². The molecule has 0 unspecified atom stereocenters. The van der Waals surface area contributed by atoms with E-state index >= 15 is 0 Å². The van der Waals surface area contributed by atoms with Crippen LogP contribution in [0.25, 0.3) is 5.65 Å². The Morgan fingerprint density at radius 2 is 2.25 bits per heavy atom. The van der Waals surface area contributed by atoms with E-state index in [0.29, 0.717) is 24.4 Å². The lowest BCUT2D eigenvalue weighted by Gasteiger charge is -2.14. The summed E-state index contributed by atoms with van der Waals surface area (Å²) in [6, 6.07) is 6.88. The normalized spacial score (nSPS) is 10.7. The molecule has 20 heavy (non-hydrogen) atoms. The van der Waals surface area contributed by atoms with Gasteiger partial charge in [-0.15, -0.1) is 0 Å². The number of fused-ring (bicyclic) bond motifs is 1. The number of rotatable bonds is 5. The number of carbonyl (C=O) groups is 1. The average Bonchev–Trinajstić information content (AvgIpc) is 2.46. The Hall–Kier alpha value is -2.21. The minimum atomic E-state index is -0.121. The number of pyridine rings is 1. The molecule has 6 heteroatoms. The molecular formula is C14H18N4O2. The standard InChI is InChI=1S/C14H18N4O2/c1-3-17(2)14(20)10-15-9-11-8-13(19)18-7-5-4-6-12(18)16-11/h4-8,15H,3,9-10H2,1-2H3. The van der Waals surface area contributed by atoms with Gasteiger partial charge in [0.25, 0.3) is 5.56 Å². The summed E-state index contributed by atoms with van der Waals surface area (Å²) >= 11 is 0. The SMILES string of the molecule is CCN(C)C(=O)CNCc1cc(=O)n2ccccc2n1. The van der Waals surface area contributed by atoms with Crippen molar-refractivity contribution in [3.05, 3.63) is 46.5 Å². The smallest absolute Gasteiger partial charge is 0.258 e. The summed E-state index contributed by atoms with van der Waals surface area (Å²) in [5.74, 6) is 0.0185. The molecule has 0 aliphatic rings. The lowest BCUT2D eigenvalue weighted by Crippen LogP contribution is -2.35. The molecule has 0 fully saturated rings. The van der Waals surface area contributed by atoms with E-state index in [0.717, 1.165) is 0 Å². The van der Waals surface area contributed by atoms with E-state index in [4.69, 9.17) is 0 Å². The molecule has 0 saturated heterocycles. The summed E-state index contributed by atoms with van der Waals surface area (Å²) in [7, 11) is 1.75. The van der Waals surface area contributed by atoms with Crippen molar-refractivity contribution < 1.29 is 4.79 Å². The second kappa shape index (κ2) is 6.29. The van der Waals surface area contributed by atoms with E-state index in [1.54, 1.807) is 30.3 Å². The third-order valence-electron chi connectivity index (χ3n) is 3.11. The molecule has 1 N–H and O–H groups in total. The summed E-state index contributed by atoms with van der Waals surface area (Å²) in [6.45, 7) is 3.23. The molecule has 0 radical (unpaired) electrons. The van der Waals surface area contributed by atoms with Crippen molar-refractivity contribution in [2.24, 2.45) is 0 Å². The van der Waals surface area contributed by atoms with Crippen LogP contribution in [-0.2, 0) is 11.3 Å². The van der Waals surface area contributed by atoms with Gasteiger partial charge in [0.05, 0.1) is 12.2 Å². The Morgan fingerprint density at radius 3 is 3.00 bits per heavy atom. The van der Waals surface area contributed by atoms with Crippen LogP contribution in [0.1, 0.15) is 12.6 Å². The first-order chi connectivity index (χ1) is 9.61. The Balaban J connectivity index is 2.04. The number of likely N-dealkylation sites (N-methyl/N-ethyl adjacent to an activating group) is 1. The third-order valence-corrected chi connectivity index (χ3v) is 3.11. The Bertz CT molecular complexity index is 666. The van der Waals surface area contributed by atoms with E-state index in [9.17, 15) is 9.59 Å². The van der Waals surface area contributed by atoms with Crippen LogP contribution in [0.4, 0.5) is 0 Å². The zero-order chi connectivity index (χ0) is 14.5. The molecule has 0 aromatic carbocycles. The number of nitrogens with one attached hydrogen (secondary N) is 1. The zero-order valence-corrected chi connectivity index (χ0v) is 11.7. The molecule has 0 spiro atoms. The molecule has 2 aromatic heterocycles. The monoisotopic (exact) mass is 274 g/mol. The van der Waals surface area contributed by atoms with E-state index in [-0.39, 0.29) is 18.0 Å². The third kappa shape index (κ3) is 3.21. The second-order valence-corrected chi connectivity index (χ2v) is 4.53. The number of amides is 1. The van der Waals surface area contributed by atoms with Crippen LogP contribution < -0.4 is 10.9 Å². The molecule has 0 saturated carbocycles. The van der Waals surface area contributed by atoms with Crippen molar-refractivity contribution in [3.63, 3.8) is 0 Å². The van der Waals surface area contributed by atoms with Gasteiger partial charge in [-0.1, -0.05) is 6.07 Å². The van der Waals surface area contributed by atoms with Gasteiger partial charge in [-0.05, 0) is 19.1 Å². The molecule has 2 rings (SSSR count). The van der Waals surface area contributed by atoms with Gasteiger partial charge >= 0.3 is 0 Å². The largest absolute Gasteiger partial charge is 0.345 e. The van der Waals surface area contributed by atoms with E-state index in [1.807, 2.05) is 13.0 Å². The minimum Gasteiger partial charge on any atom is -0.345 e. The second-order valence-electron chi connectivity index (χ2n) is 4.53. The highest BCUT2D eigenvalue weighted by Gasteiger charge is 2.06. The van der Waals surface area contributed by atoms with Gasteiger partial charge in [-0.25, -0.2) is 4.98 Å². The lowest BCUT2D eigenvalue weighted by molar-refractivity contribution is -0.128. The van der Waals surface area contributed by atoms with Crippen LogP contribution in [0.5, 0.6) is 0 Å². The summed E-state index contributed by atoms with van der Waals surface area (Å²) < 4.78 is 1.49. The molecular weight excluding hydrogens is 256 g/mol. The number of carbonyl (C=O) groups excluding carboxylic acids is 1. The van der Waals surface area contributed by atoms with Crippen molar-refractivity contribution in [3.8, 4) is 0 Å². The van der Waals surface area contributed by atoms with Crippen molar-refractivity contribution >= 4 is 11.6 Å². The summed E-state index contributed by atoms with van der Waals surface area (Å²) in [5.41, 5.74) is 1.12. The van der Waals surface area contributed by atoms with Crippen molar-refractivity contribution in [1.82, 2.24) is 19.6 Å². The number of nitrogens with zero attached hydrogens (tertiary/aromatic N) is 3. The predicted molar refractivity (Wildman–Crippen MR) is 76.5 cm³/mol. The molecule has 2 heterocycles. The first-order valence-corrected chi connectivity index (χ1v) is 6.54. The van der Waals surface area contributed by atoms with Gasteiger partial charge in [0, 0.05) is 32.4 Å². The van der Waals surface area contributed by atoms with E-state index in [1.165, 1.54) is 10.5 Å². The summed E-state index contributed by atoms with van der Waals surface area (Å²) in [6.07, 6.45) is 1.68. The Morgan fingerprint density at radius 1 is 1.45 bits per heavy atom. The van der Waals surface area contributed by atoms with Gasteiger partial charge in [0.2, 0.25) is 5.91 Å². The summed E-state index contributed by atoms with van der Waals surface area (Å²) in [4.78, 5) is 29.5. The summed E-state index contributed by atoms with van der Waals surface area (Å²) in [5, 5.41) is 3.01. The molecule has 0 atom stereocenters. The van der Waals surface area contributed by atoms with E-state index < -0.39 is 0 Å². The fraction of sp³-hybridized carbons (Fsp3) is 0.357. The number of hydrogen-bond acceptors (Lipinski definition) is 4. The fourth-order valence-corrected chi connectivity index (χ4v) is 1.80. The maximum Gasteiger partial charge on any atom is 0.258 e. The van der Waals surface area contributed by atoms with Crippen molar-refractivity contribution in [2.75, 3.05) is 20.1 Å². The topological polar surface area (TPSA) is 66.7 Å². The van der Waals surface area contributed by atoms with Crippen molar-refractivity contribution in [2.45, 2.75) is 13.5 Å². The quantitative estimate of drug-likeness (QED) is 0.849. The Labute approximate surface area is 117 Å². The van der Waals surface area contributed by atoms with Gasteiger partial charge in [-0.3, -0.25) is 14.0 Å². The fourth-order valence-electron chi connectivity index (χ4n) is 1.80. The zero-order valence-electron chi connectivity index (χ0n) is 11.7. The average molecular weight is 274 g/mol. The molecule has 2 aromatic rings. The molecule has 106 valence electrons. The highest BCUT2D eigenvalue weighted by molar-refractivity contribution is 5.77. The van der Waals surface area contributed by atoms with Crippen LogP contribution in [0.3, 0.4) is 0 Å². The van der Waals surface area contributed by atoms with Gasteiger partial charge in [0.15, 0.2) is 0 Å². The molecule has 0 aliphatic carbocycles. The Kier molecular flexibility index (Phi) is 4.47. The van der Waals surface area contributed by atoms with Crippen LogP contribution in [0.2, 0.25) is 0 Å². The maximum atomic E-state index is 11.9. The first kappa shape index (κ1) is 14.2. The minimum absolute atomic E-state index is 0.0185. The maximum absolute atomic E-state index is 11.9. The van der Waals surface area contributed by atoms with Gasteiger partial charge < -0.3 is 10.2 Å². The van der Waals surface area contributed by atoms with Crippen molar-refractivity contribution in [1.29, 1.82) is 0 Å². The molecule has 0 aliphatic heterocycles. The highest BCUT2D eigenvalue weighted by Crippen LogP contribution is 1.98. The van der Waals surface area contributed by atoms with Gasteiger partial charge in [0.1, 0.15) is 5.65 Å². The highest BCUT2D eigenvalue weighted by atomic mass is 16.2.